The molecule has 1 N–H and O–H groups in total. The number of ether oxygens (including phenoxy) is 2. The summed E-state index contributed by atoms with van der Waals surface area (Å²) in [6, 6.07) is 4.60. The Kier molecular flexibility index (Phi) is 3.98. The van der Waals surface area contributed by atoms with Gasteiger partial charge in [-0.25, -0.2) is 4.39 Å². The maximum absolute atomic E-state index is 13.4. The van der Waals surface area contributed by atoms with Gasteiger partial charge in [-0.15, -0.1) is 0 Å². The van der Waals surface area contributed by atoms with Crippen LogP contribution in [0.3, 0.4) is 0 Å². The Labute approximate surface area is 98.5 Å². The van der Waals surface area contributed by atoms with Crippen LogP contribution in [0.25, 0.3) is 0 Å². The summed E-state index contributed by atoms with van der Waals surface area (Å²) in [4.78, 5) is 0. The summed E-state index contributed by atoms with van der Waals surface area (Å²) in [6.45, 7) is 1.51. The number of anilines is 1. The smallest absolute Gasteiger partial charge is 0.147 e. The van der Waals surface area contributed by atoms with Crippen molar-refractivity contribution < 1.29 is 13.9 Å². The predicted molar refractivity (Wildman–Crippen MR) is 60.2 cm³/mol. The molecule has 0 spiro atoms. The van der Waals surface area contributed by atoms with Crippen LogP contribution in [0, 0.1) is 5.82 Å². The lowest BCUT2D eigenvalue weighted by Crippen LogP contribution is -2.30. The normalized spacial score (nSPS) is 20.8. The van der Waals surface area contributed by atoms with E-state index in [1.165, 1.54) is 6.07 Å². The van der Waals surface area contributed by atoms with Crippen LogP contribution in [0.5, 0.6) is 0 Å². The van der Waals surface area contributed by atoms with Crippen LogP contribution in [0.15, 0.2) is 18.2 Å². The molecule has 1 saturated heterocycles. The van der Waals surface area contributed by atoms with Crippen LogP contribution in [0.2, 0.25) is 5.02 Å². The molecule has 1 unspecified atom stereocenters. The summed E-state index contributed by atoms with van der Waals surface area (Å²) < 4.78 is 23.8. The minimum atomic E-state index is -0.348. The maximum Gasteiger partial charge on any atom is 0.147 e. The van der Waals surface area contributed by atoms with E-state index in [0.717, 1.165) is 6.42 Å². The summed E-state index contributed by atoms with van der Waals surface area (Å²) in [6.07, 6.45) is 0.850. The van der Waals surface area contributed by atoms with E-state index in [4.69, 9.17) is 21.1 Å². The minimum Gasteiger partial charge on any atom is -0.379 e. The van der Waals surface area contributed by atoms with Gasteiger partial charge in [0, 0.05) is 6.54 Å². The number of benzene rings is 1. The van der Waals surface area contributed by atoms with Gasteiger partial charge in [-0.3, -0.25) is 0 Å². The zero-order valence-corrected chi connectivity index (χ0v) is 9.47. The second kappa shape index (κ2) is 5.48. The van der Waals surface area contributed by atoms with Crippen molar-refractivity contribution >= 4 is 17.3 Å². The fourth-order valence-corrected chi connectivity index (χ4v) is 1.77. The Hall–Kier alpha value is -0.840. The molecule has 1 aliphatic heterocycles. The van der Waals surface area contributed by atoms with Gasteiger partial charge >= 0.3 is 0 Å². The van der Waals surface area contributed by atoms with Crippen LogP contribution >= 0.6 is 11.6 Å². The zero-order valence-electron chi connectivity index (χ0n) is 8.71. The number of nitrogens with one attached hydrogen (secondary N) is 1. The maximum atomic E-state index is 13.4. The molecule has 0 aromatic heterocycles. The molecule has 5 heteroatoms. The minimum absolute atomic E-state index is 0.0458. The van der Waals surface area contributed by atoms with E-state index >= 15 is 0 Å². The highest BCUT2D eigenvalue weighted by Gasteiger charge is 2.15. The Bertz CT molecular complexity index is 336. The topological polar surface area (TPSA) is 30.5 Å². The quantitative estimate of drug-likeness (QED) is 0.888. The Balaban J connectivity index is 1.93. The van der Waals surface area contributed by atoms with Crippen molar-refractivity contribution in [1.29, 1.82) is 0 Å². The zero-order chi connectivity index (χ0) is 11.4. The Morgan fingerprint density at radius 2 is 2.38 bits per heavy atom. The van der Waals surface area contributed by atoms with Crippen molar-refractivity contribution in [3.63, 3.8) is 0 Å². The van der Waals surface area contributed by atoms with Gasteiger partial charge in [-0.05, 0) is 18.6 Å². The molecular formula is C11H13ClFNO2. The van der Waals surface area contributed by atoms with Gasteiger partial charge < -0.3 is 14.8 Å². The molecular weight excluding hydrogens is 233 g/mol. The van der Waals surface area contributed by atoms with Crippen LogP contribution in [0.4, 0.5) is 10.1 Å². The fraction of sp³-hybridized carbons (Fsp3) is 0.455. The van der Waals surface area contributed by atoms with Crippen LogP contribution in [-0.4, -0.2) is 26.0 Å². The van der Waals surface area contributed by atoms with E-state index in [9.17, 15) is 4.39 Å². The largest absolute Gasteiger partial charge is 0.379 e. The number of para-hydroxylation sites is 1. The Morgan fingerprint density at radius 1 is 1.50 bits per heavy atom. The molecule has 1 atom stereocenters. The molecule has 0 aliphatic carbocycles. The van der Waals surface area contributed by atoms with E-state index in [1.807, 2.05) is 0 Å². The summed E-state index contributed by atoms with van der Waals surface area (Å²) >= 11 is 5.88. The lowest BCUT2D eigenvalue weighted by Gasteiger charge is -2.23. The third-order valence-electron chi connectivity index (χ3n) is 2.44. The van der Waals surface area contributed by atoms with Gasteiger partial charge in [0.05, 0.1) is 23.4 Å². The number of rotatable bonds is 3. The van der Waals surface area contributed by atoms with Gasteiger partial charge in [-0.1, -0.05) is 17.7 Å². The lowest BCUT2D eigenvalue weighted by molar-refractivity contribution is -0.133. The lowest BCUT2D eigenvalue weighted by atomic mass is 10.2. The molecule has 1 aliphatic rings. The van der Waals surface area contributed by atoms with Crippen LogP contribution < -0.4 is 5.32 Å². The summed E-state index contributed by atoms with van der Waals surface area (Å²) in [5.74, 6) is -0.348. The van der Waals surface area contributed by atoms with Gasteiger partial charge in [0.1, 0.15) is 12.6 Å². The highest BCUT2D eigenvalue weighted by Crippen LogP contribution is 2.24. The first-order valence-corrected chi connectivity index (χ1v) is 5.52. The van der Waals surface area contributed by atoms with Crippen molar-refractivity contribution in [2.75, 3.05) is 25.3 Å². The van der Waals surface area contributed by atoms with Crippen molar-refractivity contribution in [1.82, 2.24) is 0 Å². The van der Waals surface area contributed by atoms with Gasteiger partial charge in [0.15, 0.2) is 0 Å². The highest BCUT2D eigenvalue weighted by atomic mass is 35.5. The van der Waals surface area contributed by atoms with E-state index in [2.05, 4.69) is 5.32 Å². The van der Waals surface area contributed by atoms with E-state index < -0.39 is 0 Å². The molecule has 1 heterocycles. The fourth-order valence-electron chi connectivity index (χ4n) is 1.54. The molecule has 2 rings (SSSR count). The monoisotopic (exact) mass is 245 g/mol. The van der Waals surface area contributed by atoms with E-state index in [0.29, 0.717) is 30.7 Å². The molecule has 88 valence electrons. The van der Waals surface area contributed by atoms with Gasteiger partial charge in [-0.2, -0.15) is 0 Å². The van der Waals surface area contributed by atoms with Gasteiger partial charge in [0.25, 0.3) is 0 Å². The standard InChI is InChI=1S/C11H13ClFNO2/c12-9-2-1-3-10(13)11(9)14-6-8-4-5-15-7-16-8/h1-3,8,14H,4-7H2. The van der Waals surface area contributed by atoms with Crippen molar-refractivity contribution in [2.45, 2.75) is 12.5 Å². The van der Waals surface area contributed by atoms with Crippen LogP contribution in [0.1, 0.15) is 6.42 Å². The Morgan fingerprint density at radius 3 is 3.06 bits per heavy atom. The number of hydrogen-bond donors (Lipinski definition) is 1. The van der Waals surface area contributed by atoms with Crippen molar-refractivity contribution in [2.24, 2.45) is 0 Å². The molecule has 16 heavy (non-hydrogen) atoms. The molecule has 1 aromatic carbocycles. The van der Waals surface area contributed by atoms with Gasteiger partial charge in [0.2, 0.25) is 0 Å². The SMILES string of the molecule is Fc1cccc(Cl)c1NCC1CCOCO1. The molecule has 0 amide bonds. The molecule has 1 aromatic rings. The number of halogens is 2. The summed E-state index contributed by atoms with van der Waals surface area (Å²) in [5, 5.41) is 3.34. The molecule has 1 fully saturated rings. The summed E-state index contributed by atoms with van der Waals surface area (Å²) in [7, 11) is 0. The first kappa shape index (κ1) is 11.6. The predicted octanol–water partition coefficient (Wildman–Crippen LogP) is 2.65. The van der Waals surface area contributed by atoms with E-state index in [-0.39, 0.29) is 11.9 Å². The third kappa shape index (κ3) is 2.84. The van der Waals surface area contributed by atoms with Crippen molar-refractivity contribution in [3.8, 4) is 0 Å². The second-order valence-electron chi connectivity index (χ2n) is 3.58. The first-order valence-electron chi connectivity index (χ1n) is 5.14. The average Bonchev–Trinajstić information content (AvgIpc) is 2.30. The van der Waals surface area contributed by atoms with Crippen LogP contribution in [-0.2, 0) is 9.47 Å². The molecule has 0 bridgehead atoms. The highest BCUT2D eigenvalue weighted by molar-refractivity contribution is 6.33. The molecule has 0 saturated carbocycles. The second-order valence-corrected chi connectivity index (χ2v) is 3.99. The first-order chi connectivity index (χ1) is 7.77. The summed E-state index contributed by atoms with van der Waals surface area (Å²) in [5.41, 5.74) is 0.333. The number of hydrogen-bond acceptors (Lipinski definition) is 3. The molecule has 0 radical (unpaired) electrons. The third-order valence-corrected chi connectivity index (χ3v) is 2.76. The average molecular weight is 246 g/mol. The van der Waals surface area contributed by atoms with E-state index in [1.54, 1.807) is 12.1 Å². The van der Waals surface area contributed by atoms with Crippen molar-refractivity contribution in [3.05, 3.63) is 29.0 Å². The molecule has 3 nitrogen and oxygen atoms in total.